The van der Waals surface area contributed by atoms with Crippen molar-refractivity contribution in [2.45, 2.75) is 6.42 Å². The summed E-state index contributed by atoms with van der Waals surface area (Å²) in [4.78, 5) is 8.29. The van der Waals surface area contributed by atoms with Gasteiger partial charge in [0.2, 0.25) is 0 Å². The van der Waals surface area contributed by atoms with Crippen molar-refractivity contribution in [1.82, 2.24) is 9.97 Å². The molecule has 1 aromatic carbocycles. The van der Waals surface area contributed by atoms with Crippen molar-refractivity contribution >= 4 is 16.3 Å². The molecule has 0 bridgehead atoms. The molecular weight excluding hydrogens is 282 g/mol. The van der Waals surface area contributed by atoms with Crippen molar-refractivity contribution in [3.05, 3.63) is 71.8 Å². The molecule has 0 amide bonds. The van der Waals surface area contributed by atoms with Crippen LogP contribution in [0, 0.1) is 5.21 Å². The molecule has 0 atom stereocenters. The Balaban J connectivity index is 1.66. The first-order chi connectivity index (χ1) is 10.3. The molecule has 21 heavy (non-hydrogen) atoms. The third-order valence-corrected chi connectivity index (χ3v) is 4.17. The van der Waals surface area contributed by atoms with Crippen LogP contribution in [0.15, 0.2) is 61.1 Å². The standard InChI is InChI=1S/C16H14N3OS/c20-19(11-8-13-4-2-1-3-5-13)15-12-18-16(21-15)14-6-9-17-10-7-14/h1-7,9-10,12H,8,11H2/q-1. The van der Waals surface area contributed by atoms with Gasteiger partial charge in [-0.05, 0) is 24.1 Å². The molecule has 4 nitrogen and oxygen atoms in total. The first kappa shape index (κ1) is 13.7. The third kappa shape index (κ3) is 3.45. The molecule has 0 unspecified atom stereocenters. The first-order valence-electron chi connectivity index (χ1n) is 6.68. The number of thiazole rings is 1. The first-order valence-corrected chi connectivity index (χ1v) is 7.49. The topological polar surface area (TPSA) is 52.1 Å². The average Bonchev–Trinajstić information content (AvgIpc) is 3.04. The number of hydrogen-bond acceptors (Lipinski definition) is 5. The zero-order valence-electron chi connectivity index (χ0n) is 11.3. The number of nitrogens with zero attached hydrogens (tertiary/aromatic N) is 3. The molecule has 106 valence electrons. The maximum absolute atomic E-state index is 12.1. The fourth-order valence-corrected chi connectivity index (χ4v) is 2.85. The Labute approximate surface area is 127 Å². The summed E-state index contributed by atoms with van der Waals surface area (Å²) >= 11 is 1.40. The van der Waals surface area contributed by atoms with Crippen LogP contribution in [0.2, 0.25) is 0 Å². The van der Waals surface area contributed by atoms with E-state index in [-0.39, 0.29) is 0 Å². The quantitative estimate of drug-likeness (QED) is 0.673. The molecule has 0 N–H and O–H groups in total. The molecular formula is C16H14N3OS-. The second kappa shape index (κ2) is 6.47. The molecule has 2 aromatic heterocycles. The van der Waals surface area contributed by atoms with E-state index in [0.29, 0.717) is 11.5 Å². The summed E-state index contributed by atoms with van der Waals surface area (Å²) in [6.07, 6.45) is 5.81. The Hall–Kier alpha value is -2.24. The summed E-state index contributed by atoms with van der Waals surface area (Å²) in [5, 5.41) is 14.6. The van der Waals surface area contributed by atoms with E-state index in [9.17, 15) is 5.21 Å². The molecule has 0 aliphatic rings. The Kier molecular flexibility index (Phi) is 4.23. The Bertz CT molecular complexity index is 685. The van der Waals surface area contributed by atoms with Crippen LogP contribution in [0.3, 0.4) is 0 Å². The predicted octanol–water partition coefficient (Wildman–Crippen LogP) is 3.75. The van der Waals surface area contributed by atoms with Gasteiger partial charge in [0, 0.05) is 24.5 Å². The van der Waals surface area contributed by atoms with E-state index in [0.717, 1.165) is 27.6 Å². The van der Waals surface area contributed by atoms with Crippen molar-refractivity contribution in [1.29, 1.82) is 0 Å². The van der Waals surface area contributed by atoms with Gasteiger partial charge < -0.3 is 10.3 Å². The van der Waals surface area contributed by atoms with E-state index in [1.807, 2.05) is 42.5 Å². The maximum atomic E-state index is 12.1. The van der Waals surface area contributed by atoms with Gasteiger partial charge in [-0.3, -0.25) is 4.98 Å². The van der Waals surface area contributed by atoms with Gasteiger partial charge in [0.25, 0.3) is 0 Å². The molecule has 0 saturated carbocycles. The highest BCUT2D eigenvalue weighted by Crippen LogP contribution is 2.30. The van der Waals surface area contributed by atoms with Crippen molar-refractivity contribution in [2.75, 3.05) is 11.6 Å². The lowest BCUT2D eigenvalue weighted by Crippen LogP contribution is -2.16. The van der Waals surface area contributed by atoms with E-state index in [4.69, 9.17) is 0 Å². The van der Waals surface area contributed by atoms with Crippen LogP contribution in [0.4, 0.5) is 5.00 Å². The zero-order chi connectivity index (χ0) is 14.5. The number of hydroxylamine groups is 1. The van der Waals surface area contributed by atoms with Gasteiger partial charge in [-0.2, -0.15) is 0 Å². The van der Waals surface area contributed by atoms with Crippen LogP contribution in [0.1, 0.15) is 5.56 Å². The molecule has 0 fully saturated rings. The van der Waals surface area contributed by atoms with Gasteiger partial charge >= 0.3 is 0 Å². The van der Waals surface area contributed by atoms with Gasteiger partial charge in [-0.25, -0.2) is 4.98 Å². The minimum atomic E-state index is 0.433. The van der Waals surface area contributed by atoms with Crippen LogP contribution in [-0.4, -0.2) is 16.5 Å². The second-order valence-corrected chi connectivity index (χ2v) is 5.59. The lowest BCUT2D eigenvalue weighted by Gasteiger charge is -2.28. The van der Waals surface area contributed by atoms with E-state index < -0.39 is 0 Å². The van der Waals surface area contributed by atoms with Gasteiger partial charge in [0.15, 0.2) is 0 Å². The fourth-order valence-electron chi connectivity index (χ4n) is 1.99. The van der Waals surface area contributed by atoms with Crippen molar-refractivity contribution < 1.29 is 0 Å². The fraction of sp³-hybridized carbons (Fsp3) is 0.125. The average molecular weight is 296 g/mol. The summed E-state index contributed by atoms with van der Waals surface area (Å²) in [5.41, 5.74) is 2.15. The Morgan fingerprint density at radius 1 is 1.05 bits per heavy atom. The number of rotatable bonds is 5. The van der Waals surface area contributed by atoms with Crippen molar-refractivity contribution in [2.24, 2.45) is 0 Å². The summed E-state index contributed by atoms with van der Waals surface area (Å²) in [5.74, 6) is 0. The van der Waals surface area contributed by atoms with Crippen LogP contribution >= 0.6 is 11.3 Å². The largest absolute Gasteiger partial charge is 0.758 e. The lowest BCUT2D eigenvalue weighted by molar-refractivity contribution is 0.918. The minimum Gasteiger partial charge on any atom is -0.758 e. The Morgan fingerprint density at radius 2 is 1.81 bits per heavy atom. The number of anilines is 1. The van der Waals surface area contributed by atoms with Crippen molar-refractivity contribution in [3.63, 3.8) is 0 Å². The number of hydrogen-bond donors (Lipinski definition) is 0. The SMILES string of the molecule is [O-]N(CCc1ccccc1)c1cnc(-c2ccncc2)s1. The van der Waals surface area contributed by atoms with Crippen LogP contribution in [0.25, 0.3) is 10.6 Å². The van der Waals surface area contributed by atoms with Gasteiger partial charge in [0.05, 0.1) is 6.20 Å². The van der Waals surface area contributed by atoms with Crippen LogP contribution in [-0.2, 0) is 6.42 Å². The molecule has 3 rings (SSSR count). The maximum Gasteiger partial charge on any atom is 0.125 e. The molecule has 0 spiro atoms. The molecule has 0 aliphatic heterocycles. The highest BCUT2D eigenvalue weighted by atomic mass is 32.1. The van der Waals surface area contributed by atoms with Gasteiger partial charge in [0.1, 0.15) is 10.0 Å². The monoisotopic (exact) mass is 296 g/mol. The third-order valence-electron chi connectivity index (χ3n) is 3.11. The van der Waals surface area contributed by atoms with Crippen LogP contribution in [0.5, 0.6) is 0 Å². The molecule has 0 saturated heterocycles. The molecule has 5 heteroatoms. The van der Waals surface area contributed by atoms with E-state index in [1.54, 1.807) is 18.6 Å². The molecule has 0 aliphatic carbocycles. The van der Waals surface area contributed by atoms with E-state index >= 15 is 0 Å². The smallest absolute Gasteiger partial charge is 0.125 e. The Morgan fingerprint density at radius 3 is 2.57 bits per heavy atom. The van der Waals surface area contributed by atoms with Crippen LogP contribution < -0.4 is 5.06 Å². The highest BCUT2D eigenvalue weighted by Gasteiger charge is 2.05. The molecule has 0 radical (unpaired) electrons. The zero-order valence-corrected chi connectivity index (χ0v) is 12.2. The molecule has 3 aromatic rings. The summed E-state index contributed by atoms with van der Waals surface area (Å²) in [6, 6.07) is 13.8. The number of pyridine rings is 1. The summed E-state index contributed by atoms with van der Waals surface area (Å²) in [7, 11) is 0. The van der Waals surface area contributed by atoms with Crippen molar-refractivity contribution in [3.8, 4) is 10.6 Å². The number of benzene rings is 1. The minimum absolute atomic E-state index is 0.433. The molecule has 2 heterocycles. The summed E-state index contributed by atoms with van der Waals surface area (Å²) < 4.78 is 0. The van der Waals surface area contributed by atoms with Gasteiger partial charge in [-0.1, -0.05) is 41.7 Å². The normalized spacial score (nSPS) is 10.5. The predicted molar refractivity (Wildman–Crippen MR) is 86.2 cm³/mol. The van der Waals surface area contributed by atoms with E-state index in [1.165, 1.54) is 11.3 Å². The highest BCUT2D eigenvalue weighted by molar-refractivity contribution is 7.18. The van der Waals surface area contributed by atoms with E-state index in [2.05, 4.69) is 9.97 Å². The summed E-state index contributed by atoms with van der Waals surface area (Å²) in [6.45, 7) is 0.433. The second-order valence-electron chi connectivity index (χ2n) is 4.58. The lowest BCUT2D eigenvalue weighted by atomic mass is 10.1. The van der Waals surface area contributed by atoms with Gasteiger partial charge in [-0.15, -0.1) is 0 Å². The number of aromatic nitrogens is 2.